The molecule has 0 atom stereocenters. The summed E-state index contributed by atoms with van der Waals surface area (Å²) < 4.78 is 27.4. The van der Waals surface area contributed by atoms with Gasteiger partial charge in [0, 0.05) is 13.1 Å². The zero-order chi connectivity index (χ0) is 15.3. The van der Waals surface area contributed by atoms with Gasteiger partial charge in [0.25, 0.3) is 0 Å². The summed E-state index contributed by atoms with van der Waals surface area (Å²) in [5.74, 6) is 0. The van der Waals surface area contributed by atoms with Crippen molar-refractivity contribution >= 4 is 10.0 Å². The van der Waals surface area contributed by atoms with Crippen molar-refractivity contribution in [2.45, 2.75) is 24.8 Å². The van der Waals surface area contributed by atoms with Gasteiger partial charge in [0.1, 0.15) is 0 Å². The van der Waals surface area contributed by atoms with Crippen LogP contribution in [0.5, 0.6) is 0 Å². The van der Waals surface area contributed by atoms with Crippen molar-refractivity contribution in [3.63, 3.8) is 0 Å². The van der Waals surface area contributed by atoms with Crippen LogP contribution in [0, 0.1) is 6.92 Å². The van der Waals surface area contributed by atoms with Gasteiger partial charge < -0.3 is 5.73 Å². The third-order valence-electron chi connectivity index (χ3n) is 3.33. The molecule has 0 heterocycles. The van der Waals surface area contributed by atoms with Gasteiger partial charge in [0.05, 0.1) is 4.90 Å². The summed E-state index contributed by atoms with van der Waals surface area (Å²) in [6, 6.07) is 15.1. The summed E-state index contributed by atoms with van der Waals surface area (Å²) in [5.41, 5.74) is 8.21. The van der Waals surface area contributed by atoms with E-state index in [0.29, 0.717) is 24.4 Å². The monoisotopic (exact) mass is 304 g/mol. The molecule has 2 aromatic carbocycles. The Morgan fingerprint density at radius 3 is 2.43 bits per heavy atom. The maximum Gasteiger partial charge on any atom is 0.240 e. The first-order chi connectivity index (χ1) is 10.0. The van der Waals surface area contributed by atoms with Crippen LogP contribution < -0.4 is 10.5 Å². The van der Waals surface area contributed by atoms with Crippen molar-refractivity contribution in [1.29, 1.82) is 0 Å². The normalized spacial score (nSPS) is 11.5. The zero-order valence-corrected chi connectivity index (χ0v) is 12.9. The van der Waals surface area contributed by atoms with Crippen LogP contribution in [0.25, 0.3) is 0 Å². The predicted octanol–water partition coefficient (Wildman–Crippen LogP) is 1.97. The van der Waals surface area contributed by atoms with Crippen molar-refractivity contribution in [2.75, 3.05) is 6.54 Å². The molecule has 0 radical (unpaired) electrons. The molecule has 0 saturated carbocycles. The Kier molecular flexibility index (Phi) is 5.12. The molecule has 2 rings (SSSR count). The van der Waals surface area contributed by atoms with Gasteiger partial charge in [-0.1, -0.05) is 42.5 Å². The Hall–Kier alpha value is -1.69. The zero-order valence-electron chi connectivity index (χ0n) is 12.0. The average Bonchev–Trinajstić information content (AvgIpc) is 2.48. The van der Waals surface area contributed by atoms with E-state index in [1.54, 1.807) is 19.1 Å². The van der Waals surface area contributed by atoms with Crippen LogP contribution in [-0.2, 0) is 23.0 Å². The Morgan fingerprint density at radius 1 is 1.05 bits per heavy atom. The Balaban J connectivity index is 2.08. The van der Waals surface area contributed by atoms with Crippen molar-refractivity contribution < 1.29 is 8.42 Å². The molecule has 3 N–H and O–H groups in total. The van der Waals surface area contributed by atoms with Crippen molar-refractivity contribution in [1.82, 2.24) is 4.72 Å². The van der Waals surface area contributed by atoms with Gasteiger partial charge in [-0.3, -0.25) is 0 Å². The van der Waals surface area contributed by atoms with Crippen LogP contribution in [0.4, 0.5) is 0 Å². The van der Waals surface area contributed by atoms with E-state index in [1.807, 2.05) is 36.4 Å². The van der Waals surface area contributed by atoms with Gasteiger partial charge >= 0.3 is 0 Å². The van der Waals surface area contributed by atoms with E-state index < -0.39 is 10.0 Å². The van der Waals surface area contributed by atoms with E-state index in [1.165, 1.54) is 0 Å². The standard InChI is InChI=1S/C16H20N2O2S/c1-13-7-8-15(12-17)11-16(13)21(19,20)18-10-9-14-5-3-2-4-6-14/h2-8,11,18H,9-10,12,17H2,1H3. The number of hydrogen-bond donors (Lipinski definition) is 2. The minimum atomic E-state index is -3.50. The third-order valence-corrected chi connectivity index (χ3v) is 4.93. The molecular formula is C16H20N2O2S. The molecule has 21 heavy (non-hydrogen) atoms. The molecule has 0 amide bonds. The Morgan fingerprint density at radius 2 is 1.76 bits per heavy atom. The van der Waals surface area contributed by atoms with Crippen molar-refractivity contribution in [2.24, 2.45) is 5.73 Å². The van der Waals surface area contributed by atoms with Crippen LogP contribution in [0.15, 0.2) is 53.4 Å². The summed E-state index contributed by atoms with van der Waals surface area (Å²) in [7, 11) is -3.50. The maximum absolute atomic E-state index is 12.4. The lowest BCUT2D eigenvalue weighted by Crippen LogP contribution is -2.26. The fourth-order valence-corrected chi connectivity index (χ4v) is 3.44. The van der Waals surface area contributed by atoms with Gasteiger partial charge in [0.2, 0.25) is 10.0 Å². The number of hydrogen-bond acceptors (Lipinski definition) is 3. The fourth-order valence-electron chi connectivity index (χ4n) is 2.11. The molecule has 0 aliphatic heterocycles. The minimum Gasteiger partial charge on any atom is -0.326 e. The highest BCUT2D eigenvalue weighted by Gasteiger charge is 2.16. The lowest BCUT2D eigenvalue weighted by Gasteiger charge is -2.10. The summed E-state index contributed by atoms with van der Waals surface area (Å²) in [6.45, 7) is 2.48. The fraction of sp³-hybridized carbons (Fsp3) is 0.250. The summed E-state index contributed by atoms with van der Waals surface area (Å²) >= 11 is 0. The van der Waals surface area contributed by atoms with Gasteiger partial charge in [-0.05, 0) is 36.1 Å². The van der Waals surface area contributed by atoms with Crippen LogP contribution in [-0.4, -0.2) is 15.0 Å². The number of benzene rings is 2. The second kappa shape index (κ2) is 6.85. The molecule has 2 aromatic rings. The third kappa shape index (κ3) is 4.14. The van der Waals surface area contributed by atoms with Crippen LogP contribution in [0.2, 0.25) is 0 Å². The quantitative estimate of drug-likeness (QED) is 0.857. The number of sulfonamides is 1. The first kappa shape index (κ1) is 15.7. The largest absolute Gasteiger partial charge is 0.326 e. The molecule has 0 spiro atoms. The Labute approximate surface area is 126 Å². The molecule has 0 aliphatic carbocycles. The lowest BCUT2D eigenvalue weighted by molar-refractivity contribution is 0.581. The molecule has 4 nitrogen and oxygen atoms in total. The highest BCUT2D eigenvalue weighted by atomic mass is 32.2. The van der Waals surface area contributed by atoms with E-state index in [2.05, 4.69) is 4.72 Å². The van der Waals surface area contributed by atoms with E-state index in [4.69, 9.17) is 5.73 Å². The van der Waals surface area contributed by atoms with Crippen LogP contribution in [0.3, 0.4) is 0 Å². The lowest BCUT2D eigenvalue weighted by atomic mass is 10.1. The predicted molar refractivity (Wildman–Crippen MR) is 84.4 cm³/mol. The molecule has 0 bridgehead atoms. The SMILES string of the molecule is Cc1ccc(CN)cc1S(=O)(=O)NCCc1ccccc1. The molecule has 0 saturated heterocycles. The molecule has 0 fully saturated rings. The highest BCUT2D eigenvalue weighted by Crippen LogP contribution is 2.16. The number of nitrogens with one attached hydrogen (secondary N) is 1. The summed E-state index contributed by atoms with van der Waals surface area (Å²) in [6.07, 6.45) is 0.662. The number of rotatable bonds is 6. The van der Waals surface area contributed by atoms with E-state index in [-0.39, 0.29) is 0 Å². The average molecular weight is 304 g/mol. The van der Waals surface area contributed by atoms with E-state index in [0.717, 1.165) is 16.7 Å². The second-order valence-electron chi connectivity index (χ2n) is 4.94. The molecule has 0 aliphatic rings. The van der Waals surface area contributed by atoms with Gasteiger partial charge in [-0.2, -0.15) is 0 Å². The molecule has 0 unspecified atom stereocenters. The first-order valence-electron chi connectivity index (χ1n) is 6.86. The van der Waals surface area contributed by atoms with Crippen LogP contribution >= 0.6 is 0 Å². The van der Waals surface area contributed by atoms with Gasteiger partial charge in [-0.25, -0.2) is 13.1 Å². The molecule has 0 aromatic heterocycles. The topological polar surface area (TPSA) is 72.2 Å². The van der Waals surface area contributed by atoms with E-state index in [9.17, 15) is 8.42 Å². The second-order valence-corrected chi connectivity index (χ2v) is 6.67. The first-order valence-corrected chi connectivity index (χ1v) is 8.34. The molecule has 112 valence electrons. The number of aryl methyl sites for hydroxylation is 1. The summed E-state index contributed by atoms with van der Waals surface area (Å²) in [4.78, 5) is 0.304. The molecular weight excluding hydrogens is 284 g/mol. The minimum absolute atomic E-state index is 0.304. The summed E-state index contributed by atoms with van der Waals surface area (Å²) in [5, 5.41) is 0. The number of nitrogens with two attached hydrogens (primary N) is 1. The maximum atomic E-state index is 12.4. The van der Waals surface area contributed by atoms with Crippen molar-refractivity contribution in [3.05, 3.63) is 65.2 Å². The van der Waals surface area contributed by atoms with E-state index >= 15 is 0 Å². The highest BCUT2D eigenvalue weighted by molar-refractivity contribution is 7.89. The van der Waals surface area contributed by atoms with Gasteiger partial charge in [0.15, 0.2) is 0 Å². The Bertz CT molecular complexity index is 697. The van der Waals surface area contributed by atoms with Gasteiger partial charge in [-0.15, -0.1) is 0 Å². The smallest absolute Gasteiger partial charge is 0.240 e. The van der Waals surface area contributed by atoms with Crippen LogP contribution in [0.1, 0.15) is 16.7 Å². The van der Waals surface area contributed by atoms with Crippen molar-refractivity contribution in [3.8, 4) is 0 Å². The molecule has 5 heteroatoms.